The van der Waals surface area contributed by atoms with Crippen molar-refractivity contribution in [2.75, 3.05) is 6.54 Å². The van der Waals surface area contributed by atoms with Gasteiger partial charge in [-0.3, -0.25) is 9.69 Å². The zero-order valence-corrected chi connectivity index (χ0v) is 18.0. The van der Waals surface area contributed by atoms with Crippen molar-refractivity contribution >= 4 is 35.1 Å². The quantitative estimate of drug-likeness (QED) is 0.605. The molecular weight excluding hydrogens is 409 g/mol. The van der Waals surface area contributed by atoms with Gasteiger partial charge in [0.05, 0.1) is 11.1 Å². The lowest BCUT2D eigenvalue weighted by molar-refractivity contribution is 0.101. The molecule has 0 amide bonds. The Hall–Kier alpha value is -2.01. The number of likely N-dealkylation sites (tertiary alicyclic amines) is 1. The molecule has 2 aliphatic heterocycles. The third-order valence-electron chi connectivity index (χ3n) is 5.80. The Balaban J connectivity index is 1.74. The Morgan fingerprint density at radius 2 is 2.00 bits per heavy atom. The number of Topliss-reactive ketones (excluding diaryl/α,β-unsaturated/α-hetero) is 1. The van der Waals surface area contributed by atoms with Gasteiger partial charge in [0.15, 0.2) is 5.76 Å². The molecule has 0 radical (unpaired) electrons. The van der Waals surface area contributed by atoms with Gasteiger partial charge in [-0.15, -0.1) is 0 Å². The Labute approximate surface area is 180 Å². The van der Waals surface area contributed by atoms with E-state index in [4.69, 9.17) is 27.9 Å². The summed E-state index contributed by atoms with van der Waals surface area (Å²) in [5, 5.41) is 11.5. The van der Waals surface area contributed by atoms with Crippen LogP contribution in [0.25, 0.3) is 6.08 Å². The maximum absolute atomic E-state index is 13.1. The number of hydrogen-bond acceptors (Lipinski definition) is 4. The molecule has 2 aromatic rings. The van der Waals surface area contributed by atoms with Crippen LogP contribution in [0.4, 0.5) is 0 Å². The first-order valence-electron chi connectivity index (χ1n) is 9.84. The summed E-state index contributed by atoms with van der Waals surface area (Å²) < 4.78 is 6.01. The molecule has 1 unspecified atom stereocenters. The van der Waals surface area contributed by atoms with Crippen LogP contribution in [0.5, 0.6) is 11.5 Å². The van der Waals surface area contributed by atoms with E-state index in [1.54, 1.807) is 37.3 Å². The van der Waals surface area contributed by atoms with Crippen molar-refractivity contribution in [1.29, 1.82) is 0 Å². The molecule has 0 spiro atoms. The highest BCUT2D eigenvalue weighted by molar-refractivity contribution is 6.37. The Kier molecular flexibility index (Phi) is 5.60. The molecule has 2 aliphatic rings. The van der Waals surface area contributed by atoms with Crippen LogP contribution in [0.3, 0.4) is 0 Å². The minimum atomic E-state index is -0.221. The summed E-state index contributed by atoms with van der Waals surface area (Å²) in [7, 11) is 0. The highest BCUT2D eigenvalue weighted by Crippen LogP contribution is 2.43. The summed E-state index contributed by atoms with van der Waals surface area (Å²) in [6, 6.07) is 7.25. The molecule has 0 aliphatic carbocycles. The Morgan fingerprint density at radius 3 is 2.69 bits per heavy atom. The van der Waals surface area contributed by atoms with Crippen molar-refractivity contribution in [3.05, 3.63) is 62.3 Å². The summed E-state index contributed by atoms with van der Waals surface area (Å²) >= 11 is 12.5. The molecule has 29 heavy (non-hydrogen) atoms. The lowest BCUT2D eigenvalue weighted by Crippen LogP contribution is -2.36. The van der Waals surface area contributed by atoms with E-state index in [1.165, 1.54) is 6.42 Å². The van der Waals surface area contributed by atoms with Crippen LogP contribution in [0.1, 0.15) is 53.2 Å². The summed E-state index contributed by atoms with van der Waals surface area (Å²) in [5.74, 6) is 0.543. The van der Waals surface area contributed by atoms with Crippen LogP contribution in [-0.4, -0.2) is 28.4 Å². The number of hydrogen-bond donors (Lipinski definition) is 1. The smallest absolute Gasteiger partial charge is 0.232 e. The zero-order valence-electron chi connectivity index (χ0n) is 16.5. The van der Waals surface area contributed by atoms with Gasteiger partial charge in [-0.2, -0.15) is 0 Å². The van der Waals surface area contributed by atoms with Gasteiger partial charge in [0.1, 0.15) is 11.5 Å². The van der Waals surface area contributed by atoms with E-state index >= 15 is 0 Å². The van der Waals surface area contributed by atoms with Crippen LogP contribution in [0.15, 0.2) is 30.0 Å². The van der Waals surface area contributed by atoms with E-state index in [-0.39, 0.29) is 17.3 Å². The second-order valence-corrected chi connectivity index (χ2v) is 8.60. The van der Waals surface area contributed by atoms with Crippen molar-refractivity contribution in [1.82, 2.24) is 4.90 Å². The van der Waals surface area contributed by atoms with Crippen molar-refractivity contribution < 1.29 is 14.6 Å². The lowest BCUT2D eigenvalue weighted by atomic mass is 9.97. The Morgan fingerprint density at radius 1 is 1.28 bits per heavy atom. The van der Waals surface area contributed by atoms with Crippen molar-refractivity contribution in [2.45, 2.75) is 45.7 Å². The highest BCUT2D eigenvalue weighted by atomic mass is 35.5. The molecule has 0 aromatic heterocycles. The molecule has 2 heterocycles. The van der Waals surface area contributed by atoms with Gasteiger partial charge in [0.2, 0.25) is 5.78 Å². The SMILES string of the molecule is Cc1cc(O)c(CN2CCCCC2C)c2c1C(=O)/C(=C/c1c(Cl)cccc1Cl)O2. The van der Waals surface area contributed by atoms with Gasteiger partial charge in [-0.1, -0.05) is 35.7 Å². The van der Waals surface area contributed by atoms with Crippen LogP contribution < -0.4 is 4.74 Å². The van der Waals surface area contributed by atoms with Crippen LogP contribution in [-0.2, 0) is 6.54 Å². The molecule has 4 nitrogen and oxygen atoms in total. The number of ketones is 1. The first kappa shape index (κ1) is 20.3. The zero-order chi connectivity index (χ0) is 20.7. The monoisotopic (exact) mass is 431 g/mol. The number of nitrogens with zero attached hydrogens (tertiary/aromatic N) is 1. The summed E-state index contributed by atoms with van der Waals surface area (Å²) in [5.41, 5.74) is 2.38. The molecule has 4 rings (SSSR count). The average molecular weight is 432 g/mol. The number of rotatable bonds is 3. The van der Waals surface area contributed by atoms with Crippen LogP contribution in [0.2, 0.25) is 10.0 Å². The maximum Gasteiger partial charge on any atom is 0.232 e. The maximum atomic E-state index is 13.1. The van der Waals surface area contributed by atoms with E-state index in [0.29, 0.717) is 50.6 Å². The summed E-state index contributed by atoms with van der Waals surface area (Å²) in [6.45, 7) is 5.51. The number of aryl methyl sites for hydroxylation is 1. The van der Waals surface area contributed by atoms with Crippen LogP contribution >= 0.6 is 23.2 Å². The van der Waals surface area contributed by atoms with Gasteiger partial charge < -0.3 is 9.84 Å². The van der Waals surface area contributed by atoms with Crippen LogP contribution in [0, 0.1) is 6.92 Å². The van der Waals surface area contributed by atoms with E-state index in [9.17, 15) is 9.90 Å². The molecule has 1 atom stereocenters. The first-order chi connectivity index (χ1) is 13.9. The number of carbonyl (C=O) groups is 1. The third-order valence-corrected chi connectivity index (χ3v) is 6.46. The number of fused-ring (bicyclic) bond motifs is 1. The van der Waals surface area contributed by atoms with E-state index in [2.05, 4.69) is 11.8 Å². The third kappa shape index (κ3) is 3.77. The number of allylic oxidation sites excluding steroid dienone is 1. The van der Waals surface area contributed by atoms with Crippen molar-refractivity contribution in [2.24, 2.45) is 0 Å². The predicted molar refractivity (Wildman–Crippen MR) is 116 cm³/mol. The molecule has 0 saturated carbocycles. The number of phenolic OH excluding ortho intramolecular Hbond substituents is 1. The molecule has 152 valence electrons. The number of halogens is 2. The topological polar surface area (TPSA) is 49.8 Å². The summed E-state index contributed by atoms with van der Waals surface area (Å²) in [6.07, 6.45) is 5.06. The molecule has 1 fully saturated rings. The van der Waals surface area contributed by atoms with Gasteiger partial charge in [0, 0.05) is 28.2 Å². The second-order valence-electron chi connectivity index (χ2n) is 7.79. The second kappa shape index (κ2) is 8.02. The number of benzene rings is 2. The Bertz CT molecular complexity index is 995. The van der Waals surface area contributed by atoms with Gasteiger partial charge in [-0.05, 0) is 63.1 Å². The largest absolute Gasteiger partial charge is 0.507 e. The number of phenols is 1. The predicted octanol–water partition coefficient (Wildman–Crippen LogP) is 6.00. The van der Waals surface area contributed by atoms with Gasteiger partial charge >= 0.3 is 0 Å². The lowest BCUT2D eigenvalue weighted by Gasteiger charge is -2.33. The standard InChI is InChI=1S/C23H23Cl2NO3/c1-13-10-19(27)16(12-26-9-4-3-6-14(26)2)23-21(13)22(28)20(29-23)11-15-17(24)7-5-8-18(15)25/h5,7-8,10-11,14,27H,3-4,6,9,12H2,1-2H3/b20-11-. The fraction of sp³-hybridized carbons (Fsp3) is 0.348. The molecule has 0 bridgehead atoms. The molecule has 1 saturated heterocycles. The fourth-order valence-corrected chi connectivity index (χ4v) is 4.61. The average Bonchev–Trinajstić information content (AvgIpc) is 3.00. The highest BCUT2D eigenvalue weighted by Gasteiger charge is 2.34. The molecular formula is C23H23Cl2NO3. The number of aromatic hydroxyl groups is 1. The van der Waals surface area contributed by atoms with Gasteiger partial charge in [-0.25, -0.2) is 0 Å². The molecule has 6 heteroatoms. The number of piperidine rings is 1. The minimum absolute atomic E-state index is 0.156. The molecule has 2 aromatic carbocycles. The summed E-state index contributed by atoms with van der Waals surface area (Å²) in [4.78, 5) is 15.4. The van der Waals surface area contributed by atoms with E-state index in [1.807, 2.05) is 0 Å². The fourth-order valence-electron chi connectivity index (χ4n) is 4.11. The van der Waals surface area contributed by atoms with Crippen molar-refractivity contribution in [3.63, 3.8) is 0 Å². The normalized spacial score (nSPS) is 20.8. The van der Waals surface area contributed by atoms with Crippen molar-refractivity contribution in [3.8, 4) is 11.5 Å². The molecule has 1 N–H and O–H groups in total. The van der Waals surface area contributed by atoms with E-state index in [0.717, 1.165) is 19.4 Å². The number of carbonyl (C=O) groups excluding carboxylic acids is 1. The first-order valence-corrected chi connectivity index (χ1v) is 10.6. The number of ether oxygens (including phenoxy) is 1. The minimum Gasteiger partial charge on any atom is -0.507 e. The van der Waals surface area contributed by atoms with E-state index < -0.39 is 0 Å². The van der Waals surface area contributed by atoms with Gasteiger partial charge in [0.25, 0.3) is 0 Å².